The van der Waals surface area contributed by atoms with E-state index in [1.807, 2.05) is 45.9 Å². The number of rotatable bonds is 6. The van der Waals surface area contributed by atoms with Gasteiger partial charge in [-0.05, 0) is 55.5 Å². The molecule has 2 aromatic carbocycles. The minimum absolute atomic E-state index is 0.158. The molecule has 6 nitrogen and oxygen atoms in total. The highest BCUT2D eigenvalue weighted by atomic mass is 16.2. The fraction of sp³-hybridized carbons (Fsp3) is 0.348. The molecule has 1 aromatic heterocycles. The Morgan fingerprint density at radius 1 is 1.00 bits per heavy atom. The lowest BCUT2D eigenvalue weighted by Gasteiger charge is -2.15. The number of benzene rings is 2. The molecule has 0 unspecified atom stereocenters. The summed E-state index contributed by atoms with van der Waals surface area (Å²) in [5.41, 5.74) is 2.50. The van der Waals surface area contributed by atoms with Crippen LogP contribution in [0.3, 0.4) is 0 Å². The minimum Gasteiger partial charge on any atom is -0.324 e. The molecule has 1 N–H and O–H groups in total. The molecule has 0 atom stereocenters. The molecule has 0 aliphatic rings. The smallest absolute Gasteiger partial charge is 0.324 e. The van der Waals surface area contributed by atoms with Crippen molar-refractivity contribution in [1.82, 2.24) is 9.13 Å². The number of nitrogens with one attached hydrogen (secondary N) is 1. The van der Waals surface area contributed by atoms with Gasteiger partial charge in [-0.25, -0.2) is 4.79 Å². The van der Waals surface area contributed by atoms with E-state index >= 15 is 0 Å². The second-order valence-electron chi connectivity index (χ2n) is 7.82. The predicted molar refractivity (Wildman–Crippen MR) is 116 cm³/mol. The fourth-order valence-corrected chi connectivity index (χ4v) is 3.33. The molecule has 0 bridgehead atoms. The Balaban J connectivity index is 2.01. The number of aromatic nitrogens is 2. The molecule has 3 rings (SSSR count). The van der Waals surface area contributed by atoms with Gasteiger partial charge in [0.1, 0.15) is 6.54 Å². The van der Waals surface area contributed by atoms with Crippen molar-refractivity contribution < 1.29 is 4.79 Å². The third kappa shape index (κ3) is 4.31. The van der Waals surface area contributed by atoms with Crippen molar-refractivity contribution in [3.8, 4) is 0 Å². The lowest BCUT2D eigenvalue weighted by Crippen LogP contribution is -2.42. The van der Waals surface area contributed by atoms with Crippen LogP contribution in [0.4, 0.5) is 5.69 Å². The molecule has 29 heavy (non-hydrogen) atoms. The normalized spacial score (nSPS) is 11.2. The van der Waals surface area contributed by atoms with Gasteiger partial charge in [-0.1, -0.05) is 38.1 Å². The van der Waals surface area contributed by atoms with Gasteiger partial charge < -0.3 is 5.32 Å². The van der Waals surface area contributed by atoms with Crippen LogP contribution in [-0.4, -0.2) is 15.0 Å². The monoisotopic (exact) mass is 393 g/mol. The SMILES string of the molecule is Cc1cccc(NC(=O)Cn2c(=O)n(CCC(C)C)c(=O)c3ccccc32)c1C. The van der Waals surface area contributed by atoms with Crippen LogP contribution in [0, 0.1) is 19.8 Å². The number of aryl methyl sites for hydroxylation is 1. The van der Waals surface area contributed by atoms with E-state index in [9.17, 15) is 14.4 Å². The maximum Gasteiger partial charge on any atom is 0.331 e. The number of carbonyl (C=O) groups is 1. The first-order valence-corrected chi connectivity index (χ1v) is 9.88. The van der Waals surface area contributed by atoms with Gasteiger partial charge >= 0.3 is 5.69 Å². The number of nitrogens with zero attached hydrogens (tertiary/aromatic N) is 2. The van der Waals surface area contributed by atoms with Crippen molar-refractivity contribution in [2.45, 2.75) is 47.2 Å². The van der Waals surface area contributed by atoms with E-state index in [-0.39, 0.29) is 18.0 Å². The topological polar surface area (TPSA) is 73.1 Å². The Morgan fingerprint density at radius 2 is 1.72 bits per heavy atom. The fourth-order valence-electron chi connectivity index (χ4n) is 3.33. The highest BCUT2D eigenvalue weighted by molar-refractivity contribution is 5.92. The molecule has 1 amide bonds. The van der Waals surface area contributed by atoms with Crippen LogP contribution in [0.2, 0.25) is 0 Å². The van der Waals surface area contributed by atoms with E-state index in [1.165, 1.54) is 9.13 Å². The molecule has 0 saturated heterocycles. The summed E-state index contributed by atoms with van der Waals surface area (Å²) in [4.78, 5) is 38.6. The zero-order valence-corrected chi connectivity index (χ0v) is 17.4. The molecule has 0 fully saturated rings. The number of hydrogen-bond donors (Lipinski definition) is 1. The van der Waals surface area contributed by atoms with Crippen LogP contribution < -0.4 is 16.6 Å². The molecule has 0 aliphatic heterocycles. The maximum atomic E-state index is 13.1. The summed E-state index contributed by atoms with van der Waals surface area (Å²) in [6, 6.07) is 12.6. The van der Waals surface area contributed by atoms with E-state index in [0.29, 0.717) is 29.8 Å². The number of hydrogen-bond acceptors (Lipinski definition) is 3. The number of fused-ring (bicyclic) bond motifs is 1. The van der Waals surface area contributed by atoms with Gasteiger partial charge in [0, 0.05) is 12.2 Å². The standard InChI is InChI=1S/C23H27N3O3/c1-15(2)12-13-25-22(28)18-9-5-6-11-20(18)26(23(25)29)14-21(27)24-19-10-7-8-16(3)17(19)4/h5-11,15H,12-14H2,1-4H3,(H,24,27). The molecular formula is C23H27N3O3. The van der Waals surface area contributed by atoms with Gasteiger partial charge in [-0.15, -0.1) is 0 Å². The third-order valence-electron chi connectivity index (χ3n) is 5.24. The number of anilines is 1. The second-order valence-corrected chi connectivity index (χ2v) is 7.82. The Bertz CT molecular complexity index is 1170. The van der Waals surface area contributed by atoms with Crippen molar-refractivity contribution in [3.05, 3.63) is 74.4 Å². The van der Waals surface area contributed by atoms with Crippen molar-refractivity contribution in [1.29, 1.82) is 0 Å². The van der Waals surface area contributed by atoms with Gasteiger partial charge in [0.05, 0.1) is 10.9 Å². The quantitative estimate of drug-likeness (QED) is 0.697. The first-order valence-electron chi connectivity index (χ1n) is 9.88. The van der Waals surface area contributed by atoms with E-state index in [1.54, 1.807) is 24.3 Å². The summed E-state index contributed by atoms with van der Waals surface area (Å²) >= 11 is 0. The zero-order valence-electron chi connectivity index (χ0n) is 17.4. The largest absolute Gasteiger partial charge is 0.331 e. The van der Waals surface area contributed by atoms with Crippen LogP contribution in [0.25, 0.3) is 10.9 Å². The first kappa shape index (κ1) is 20.6. The zero-order chi connectivity index (χ0) is 21.1. The number of para-hydroxylation sites is 1. The predicted octanol–water partition coefficient (Wildman–Crippen LogP) is 3.46. The Kier molecular flexibility index (Phi) is 6.01. The highest BCUT2D eigenvalue weighted by Gasteiger charge is 2.16. The summed E-state index contributed by atoms with van der Waals surface area (Å²) in [5, 5.41) is 3.33. The van der Waals surface area contributed by atoms with Gasteiger partial charge in [0.25, 0.3) is 5.56 Å². The Hall–Kier alpha value is -3.15. The van der Waals surface area contributed by atoms with Gasteiger partial charge in [0.2, 0.25) is 5.91 Å². The summed E-state index contributed by atoms with van der Waals surface area (Å²) in [5.74, 6) is 0.0498. The Morgan fingerprint density at radius 3 is 2.45 bits per heavy atom. The van der Waals surface area contributed by atoms with E-state index in [2.05, 4.69) is 5.32 Å². The third-order valence-corrected chi connectivity index (χ3v) is 5.24. The van der Waals surface area contributed by atoms with Gasteiger partial charge in [-0.3, -0.25) is 18.7 Å². The summed E-state index contributed by atoms with van der Waals surface area (Å²) in [7, 11) is 0. The van der Waals surface area contributed by atoms with Crippen molar-refractivity contribution >= 4 is 22.5 Å². The summed E-state index contributed by atoms with van der Waals surface area (Å²) < 4.78 is 2.63. The van der Waals surface area contributed by atoms with E-state index in [4.69, 9.17) is 0 Å². The molecule has 1 heterocycles. The van der Waals surface area contributed by atoms with Crippen molar-refractivity contribution in [2.24, 2.45) is 5.92 Å². The van der Waals surface area contributed by atoms with Crippen molar-refractivity contribution in [3.63, 3.8) is 0 Å². The molecule has 0 radical (unpaired) electrons. The maximum absolute atomic E-state index is 13.1. The van der Waals surface area contributed by atoms with Crippen LogP contribution >= 0.6 is 0 Å². The van der Waals surface area contributed by atoms with Crippen LogP contribution in [-0.2, 0) is 17.9 Å². The van der Waals surface area contributed by atoms with Gasteiger partial charge in [0.15, 0.2) is 0 Å². The number of amides is 1. The Labute approximate surface area is 169 Å². The van der Waals surface area contributed by atoms with E-state index in [0.717, 1.165) is 16.8 Å². The van der Waals surface area contributed by atoms with Crippen LogP contribution in [0.15, 0.2) is 52.1 Å². The van der Waals surface area contributed by atoms with E-state index < -0.39 is 5.69 Å². The molecule has 3 aromatic rings. The average molecular weight is 393 g/mol. The average Bonchev–Trinajstić information content (AvgIpc) is 2.68. The molecule has 6 heteroatoms. The summed E-state index contributed by atoms with van der Waals surface area (Å²) in [6.07, 6.45) is 0.710. The summed E-state index contributed by atoms with van der Waals surface area (Å²) in [6.45, 7) is 8.18. The molecule has 0 aliphatic carbocycles. The molecular weight excluding hydrogens is 366 g/mol. The highest BCUT2D eigenvalue weighted by Crippen LogP contribution is 2.18. The van der Waals surface area contributed by atoms with Crippen molar-refractivity contribution in [2.75, 3.05) is 5.32 Å². The van der Waals surface area contributed by atoms with Gasteiger partial charge in [-0.2, -0.15) is 0 Å². The molecule has 152 valence electrons. The lowest BCUT2D eigenvalue weighted by atomic mass is 10.1. The first-order chi connectivity index (χ1) is 13.8. The molecule has 0 spiro atoms. The van der Waals surface area contributed by atoms with Crippen LogP contribution in [0.5, 0.6) is 0 Å². The lowest BCUT2D eigenvalue weighted by molar-refractivity contribution is -0.116. The second kappa shape index (κ2) is 8.47. The van der Waals surface area contributed by atoms with Crippen LogP contribution in [0.1, 0.15) is 31.4 Å². The minimum atomic E-state index is -0.453. The molecule has 0 saturated carbocycles. The number of carbonyl (C=O) groups excluding carboxylic acids is 1.